The van der Waals surface area contributed by atoms with Crippen LogP contribution in [0.25, 0.3) is 0 Å². The van der Waals surface area contributed by atoms with Gasteiger partial charge in [0.15, 0.2) is 5.69 Å². The molecular formula is C21H26FN3O4. The third-order valence-electron chi connectivity index (χ3n) is 5.13. The molecule has 3 rings (SSSR count). The smallest absolute Gasteiger partial charge is 0.276 e. The summed E-state index contributed by atoms with van der Waals surface area (Å²) in [6, 6.07) is 7.36. The molecule has 1 unspecified atom stereocenters. The lowest BCUT2D eigenvalue weighted by Gasteiger charge is -2.41. The first-order chi connectivity index (χ1) is 13.9. The molecule has 1 aliphatic heterocycles. The van der Waals surface area contributed by atoms with E-state index in [4.69, 9.17) is 15.0 Å². The molecule has 7 nitrogen and oxygen atoms in total. The Morgan fingerprint density at radius 2 is 2.10 bits per heavy atom. The third kappa shape index (κ3) is 5.34. The number of aryl methyl sites for hydroxylation is 1. The van der Waals surface area contributed by atoms with Crippen LogP contribution in [0.2, 0.25) is 0 Å². The second kappa shape index (κ2) is 9.07. The summed E-state index contributed by atoms with van der Waals surface area (Å²) in [5.41, 5.74) is 5.15. The highest BCUT2D eigenvalue weighted by Gasteiger charge is 2.40. The molecule has 2 amide bonds. The van der Waals surface area contributed by atoms with Crippen LogP contribution in [0, 0.1) is 11.2 Å². The Balaban J connectivity index is 1.73. The van der Waals surface area contributed by atoms with Crippen molar-refractivity contribution >= 4 is 11.8 Å². The van der Waals surface area contributed by atoms with Gasteiger partial charge in [0.25, 0.3) is 5.91 Å². The molecule has 8 heteroatoms. The summed E-state index contributed by atoms with van der Waals surface area (Å²) < 4.78 is 24.2. The van der Waals surface area contributed by atoms with Gasteiger partial charge < -0.3 is 19.9 Å². The fourth-order valence-corrected chi connectivity index (χ4v) is 3.77. The van der Waals surface area contributed by atoms with Crippen LogP contribution in [0.1, 0.15) is 48.9 Å². The standard InChI is InChI=1S/C21H26FN3O4/c1-2-4-17-11-18(24-29-17)20(27)25-10-3-9-21(13-25,12-19(23)26)14-28-16-7-5-15(22)6-8-16/h5-8,11H,2-4,9-10,12-14H2,1H3,(H2,23,26). The van der Waals surface area contributed by atoms with Crippen LogP contribution in [0.3, 0.4) is 0 Å². The van der Waals surface area contributed by atoms with E-state index in [1.54, 1.807) is 11.0 Å². The second-order valence-electron chi connectivity index (χ2n) is 7.64. The molecule has 2 aromatic rings. The zero-order valence-electron chi connectivity index (χ0n) is 16.5. The largest absolute Gasteiger partial charge is 0.493 e. The molecule has 0 saturated carbocycles. The Morgan fingerprint density at radius 1 is 1.34 bits per heavy atom. The highest BCUT2D eigenvalue weighted by Crippen LogP contribution is 2.35. The molecule has 1 aliphatic rings. The summed E-state index contributed by atoms with van der Waals surface area (Å²) in [4.78, 5) is 26.3. The number of amides is 2. The average Bonchev–Trinajstić information content (AvgIpc) is 3.15. The second-order valence-corrected chi connectivity index (χ2v) is 7.64. The average molecular weight is 403 g/mol. The van der Waals surface area contributed by atoms with E-state index in [2.05, 4.69) is 5.16 Å². The first kappa shape index (κ1) is 20.8. The van der Waals surface area contributed by atoms with Crippen molar-refractivity contribution in [1.29, 1.82) is 0 Å². The molecule has 1 atom stereocenters. The van der Waals surface area contributed by atoms with Crippen LogP contribution >= 0.6 is 0 Å². The third-order valence-corrected chi connectivity index (χ3v) is 5.13. The molecule has 2 heterocycles. The molecule has 29 heavy (non-hydrogen) atoms. The van der Waals surface area contributed by atoms with Crippen LogP contribution in [-0.2, 0) is 11.2 Å². The number of nitrogens with zero attached hydrogens (tertiary/aromatic N) is 2. The Labute approximate surface area is 169 Å². The number of halogens is 1. The van der Waals surface area contributed by atoms with Crippen molar-refractivity contribution in [3.8, 4) is 5.75 Å². The number of likely N-dealkylation sites (tertiary alicyclic amines) is 1. The van der Waals surface area contributed by atoms with Crippen LogP contribution in [0.4, 0.5) is 4.39 Å². The minimum absolute atomic E-state index is 0.0951. The summed E-state index contributed by atoms with van der Waals surface area (Å²) in [5, 5.41) is 3.90. The number of primary amides is 1. The van der Waals surface area contributed by atoms with Crippen molar-refractivity contribution < 1.29 is 23.2 Å². The predicted octanol–water partition coefficient (Wildman–Crippen LogP) is 2.94. The van der Waals surface area contributed by atoms with E-state index in [-0.39, 0.29) is 30.4 Å². The number of hydrogen-bond acceptors (Lipinski definition) is 5. The molecule has 1 fully saturated rings. The van der Waals surface area contributed by atoms with Crippen LogP contribution < -0.4 is 10.5 Å². The van der Waals surface area contributed by atoms with Crippen molar-refractivity contribution in [3.63, 3.8) is 0 Å². The molecule has 1 aromatic heterocycles. The van der Waals surface area contributed by atoms with E-state index in [1.165, 1.54) is 24.3 Å². The quantitative estimate of drug-likeness (QED) is 0.731. The zero-order valence-corrected chi connectivity index (χ0v) is 16.5. The van der Waals surface area contributed by atoms with Crippen LogP contribution in [-0.4, -0.2) is 41.6 Å². The van der Waals surface area contributed by atoms with E-state index in [0.717, 1.165) is 12.8 Å². The minimum atomic E-state index is -0.607. The Kier molecular flexibility index (Phi) is 6.51. The summed E-state index contributed by atoms with van der Waals surface area (Å²) >= 11 is 0. The van der Waals surface area contributed by atoms with Crippen LogP contribution in [0.15, 0.2) is 34.9 Å². The van der Waals surface area contributed by atoms with Crippen molar-refractivity contribution in [2.75, 3.05) is 19.7 Å². The van der Waals surface area contributed by atoms with E-state index in [9.17, 15) is 14.0 Å². The number of benzene rings is 1. The van der Waals surface area contributed by atoms with Gasteiger partial charge in [0.2, 0.25) is 5.91 Å². The maximum atomic E-state index is 13.1. The highest BCUT2D eigenvalue weighted by molar-refractivity contribution is 5.92. The van der Waals surface area contributed by atoms with Gasteiger partial charge >= 0.3 is 0 Å². The maximum absolute atomic E-state index is 13.1. The molecule has 156 valence electrons. The molecule has 0 bridgehead atoms. The van der Waals surface area contributed by atoms with E-state index in [1.807, 2.05) is 6.92 Å². The Morgan fingerprint density at radius 3 is 2.79 bits per heavy atom. The zero-order chi connectivity index (χ0) is 20.9. The van der Waals surface area contributed by atoms with Gasteiger partial charge in [-0.25, -0.2) is 4.39 Å². The van der Waals surface area contributed by atoms with Gasteiger partial charge in [0, 0.05) is 37.4 Å². The van der Waals surface area contributed by atoms with Gasteiger partial charge in [-0.1, -0.05) is 12.1 Å². The number of nitrogens with two attached hydrogens (primary N) is 1. The topological polar surface area (TPSA) is 98.7 Å². The lowest BCUT2D eigenvalue weighted by molar-refractivity contribution is -0.122. The normalized spacial score (nSPS) is 19.2. The SMILES string of the molecule is CCCc1cc(C(=O)N2CCCC(COc3ccc(F)cc3)(CC(N)=O)C2)no1. The number of aromatic nitrogens is 1. The van der Waals surface area contributed by atoms with Crippen molar-refractivity contribution in [2.24, 2.45) is 11.1 Å². The minimum Gasteiger partial charge on any atom is -0.493 e. The van der Waals surface area contributed by atoms with Crippen molar-refractivity contribution in [1.82, 2.24) is 10.1 Å². The van der Waals surface area contributed by atoms with Crippen molar-refractivity contribution in [2.45, 2.75) is 39.0 Å². The number of carbonyl (C=O) groups excluding carboxylic acids is 2. The van der Waals surface area contributed by atoms with Gasteiger partial charge in [0.05, 0.1) is 6.61 Å². The number of hydrogen-bond donors (Lipinski definition) is 1. The molecule has 1 aromatic carbocycles. The molecule has 2 N–H and O–H groups in total. The lowest BCUT2D eigenvalue weighted by Crippen LogP contribution is -2.50. The summed E-state index contributed by atoms with van der Waals surface area (Å²) in [6.07, 6.45) is 3.12. The maximum Gasteiger partial charge on any atom is 0.276 e. The molecular weight excluding hydrogens is 377 g/mol. The summed E-state index contributed by atoms with van der Waals surface area (Å²) in [6.45, 7) is 3.11. The monoisotopic (exact) mass is 403 g/mol. The Hall–Kier alpha value is -2.90. The summed E-state index contributed by atoms with van der Waals surface area (Å²) in [5.74, 6) is 0.143. The van der Waals surface area contributed by atoms with Crippen molar-refractivity contribution in [3.05, 3.63) is 47.6 Å². The van der Waals surface area contributed by atoms with E-state index < -0.39 is 11.3 Å². The van der Waals surface area contributed by atoms with Gasteiger partial charge in [0.1, 0.15) is 17.3 Å². The first-order valence-electron chi connectivity index (χ1n) is 9.82. The number of ether oxygens (including phenoxy) is 1. The molecule has 0 spiro atoms. The number of carbonyl (C=O) groups is 2. The van der Waals surface area contributed by atoms with Crippen LogP contribution in [0.5, 0.6) is 5.75 Å². The fraction of sp³-hybridized carbons (Fsp3) is 0.476. The van der Waals surface area contributed by atoms with Gasteiger partial charge in [-0.15, -0.1) is 0 Å². The van der Waals surface area contributed by atoms with Gasteiger partial charge in [-0.05, 0) is 43.5 Å². The van der Waals surface area contributed by atoms with Gasteiger partial charge in [-0.2, -0.15) is 0 Å². The number of piperidine rings is 1. The highest BCUT2D eigenvalue weighted by atomic mass is 19.1. The lowest BCUT2D eigenvalue weighted by atomic mass is 9.77. The predicted molar refractivity (Wildman–Crippen MR) is 104 cm³/mol. The van der Waals surface area contributed by atoms with Gasteiger partial charge in [-0.3, -0.25) is 9.59 Å². The molecule has 0 aliphatic carbocycles. The Bertz CT molecular complexity index is 852. The number of rotatable bonds is 8. The first-order valence-corrected chi connectivity index (χ1v) is 9.82. The molecule has 0 radical (unpaired) electrons. The molecule has 1 saturated heterocycles. The van der Waals surface area contributed by atoms with E-state index >= 15 is 0 Å². The fourth-order valence-electron chi connectivity index (χ4n) is 3.77. The summed E-state index contributed by atoms with van der Waals surface area (Å²) in [7, 11) is 0. The van der Waals surface area contributed by atoms with E-state index in [0.29, 0.717) is 37.4 Å².